The maximum Gasteiger partial charge on any atom is 0.315 e. The molecule has 1 unspecified atom stereocenters. The Hall–Kier alpha value is -2.74. The number of nitrogens with two attached hydrogens (primary N) is 1. The zero-order valence-corrected chi connectivity index (χ0v) is 30.2. The molecule has 1 heterocycles. The topological polar surface area (TPSA) is 188 Å². The molecule has 1 aliphatic heterocycles. The van der Waals surface area contributed by atoms with Gasteiger partial charge in [0.2, 0.25) is 27.6 Å². The molecule has 5 amide bonds. The maximum absolute atomic E-state index is 14.5. The molecule has 0 aromatic carbocycles. The number of nitrogens with zero attached hydrogens (tertiary/aromatic N) is 2. The molecule has 6 atom stereocenters. The van der Waals surface area contributed by atoms with E-state index in [0.29, 0.717) is 13.0 Å². The van der Waals surface area contributed by atoms with E-state index in [4.69, 9.17) is 5.73 Å². The summed E-state index contributed by atoms with van der Waals surface area (Å²) in [6, 6.07) is -4.10. The van der Waals surface area contributed by atoms with E-state index in [1.54, 1.807) is 4.90 Å². The molecule has 14 heteroatoms. The molecule has 0 aromatic heterocycles. The van der Waals surface area contributed by atoms with Crippen molar-refractivity contribution in [1.29, 1.82) is 0 Å². The standard InChI is InChI=1S/C33H56N6O7S/c1-31(2,3)23(18-38(7)47(8,45)46)36-30(44)37-26(32(4,5)6)29(43)39-17-21-20(12-13-33(21)14-15-33)24(39)28(42)35-22(25(40)27(34)41)16-19-10-9-11-19/h19-24,26H,9-18H2,1-8H3,(H2,34,41)(H,35,42)(H2,36,37,44)/t20-,21-,22?,23+,24-,26+/m0/s1. The Bertz CT molecular complexity index is 1360. The fraction of sp³-hybridized carbons (Fsp3) is 0.848. The van der Waals surface area contributed by atoms with Crippen molar-refractivity contribution >= 4 is 39.6 Å². The first-order valence-corrected chi connectivity index (χ1v) is 18.8. The highest BCUT2D eigenvalue weighted by Crippen LogP contribution is 2.66. The van der Waals surface area contributed by atoms with Crippen LogP contribution in [0.15, 0.2) is 0 Å². The van der Waals surface area contributed by atoms with E-state index in [1.807, 2.05) is 41.5 Å². The number of rotatable bonds is 12. The first-order valence-electron chi connectivity index (χ1n) is 17.0. The SMILES string of the molecule is CN(C[C@@H](NC(=O)N[C@H](C(=O)N1C[C@H]2[C@H](CCC23CC3)[C@H]1C(=O)NC(CC1CCC1)C(=O)C(N)=O)C(C)(C)C)C(C)(C)C)S(C)(=O)=O. The average Bonchev–Trinajstić information content (AvgIpc) is 3.48. The van der Waals surface area contributed by atoms with Crippen LogP contribution in [0.2, 0.25) is 0 Å². The van der Waals surface area contributed by atoms with Crippen molar-refractivity contribution in [3.63, 3.8) is 0 Å². The summed E-state index contributed by atoms with van der Waals surface area (Å²) in [5, 5.41) is 8.60. The van der Waals surface area contributed by atoms with Gasteiger partial charge in [0.05, 0.1) is 12.3 Å². The first-order chi connectivity index (χ1) is 21.5. The number of likely N-dealkylation sites (tertiary alicyclic amines) is 1. The molecular formula is C33H56N6O7S. The molecule has 0 aromatic rings. The molecule has 4 aliphatic rings. The number of sulfonamides is 1. The Morgan fingerprint density at radius 3 is 2.02 bits per heavy atom. The predicted molar refractivity (Wildman–Crippen MR) is 177 cm³/mol. The van der Waals surface area contributed by atoms with Crippen molar-refractivity contribution in [3.05, 3.63) is 0 Å². The first kappa shape index (κ1) is 37.1. The van der Waals surface area contributed by atoms with Gasteiger partial charge in [0, 0.05) is 26.2 Å². The highest BCUT2D eigenvalue weighted by atomic mass is 32.2. The number of primary amides is 1. The Morgan fingerprint density at radius 2 is 1.55 bits per heavy atom. The van der Waals surface area contributed by atoms with Gasteiger partial charge in [-0.2, -0.15) is 0 Å². The van der Waals surface area contributed by atoms with Crippen molar-refractivity contribution in [2.75, 3.05) is 26.4 Å². The average molecular weight is 681 g/mol. The molecule has 0 bridgehead atoms. The van der Waals surface area contributed by atoms with Gasteiger partial charge in [-0.1, -0.05) is 60.8 Å². The fourth-order valence-corrected chi connectivity index (χ4v) is 8.12. The third kappa shape index (κ3) is 8.29. The largest absolute Gasteiger partial charge is 0.363 e. The third-order valence-corrected chi connectivity index (χ3v) is 12.6. The molecule has 13 nitrogen and oxygen atoms in total. The molecule has 0 radical (unpaired) electrons. The van der Waals surface area contributed by atoms with Gasteiger partial charge in [0.25, 0.3) is 5.91 Å². The van der Waals surface area contributed by atoms with Crippen molar-refractivity contribution in [2.24, 2.45) is 39.7 Å². The van der Waals surface area contributed by atoms with E-state index in [-0.39, 0.29) is 29.7 Å². The number of carbonyl (C=O) groups is 5. The lowest BCUT2D eigenvalue weighted by Gasteiger charge is -2.38. The summed E-state index contributed by atoms with van der Waals surface area (Å²) < 4.78 is 25.4. The summed E-state index contributed by atoms with van der Waals surface area (Å²) in [7, 11) is -2.05. The van der Waals surface area contributed by atoms with E-state index >= 15 is 0 Å². The summed E-state index contributed by atoms with van der Waals surface area (Å²) in [5.74, 6) is -2.52. The van der Waals surface area contributed by atoms with Crippen LogP contribution in [0.1, 0.15) is 92.9 Å². The Morgan fingerprint density at radius 1 is 0.936 bits per heavy atom. The number of urea groups is 1. The molecular weight excluding hydrogens is 624 g/mol. The second kappa shape index (κ2) is 13.3. The lowest BCUT2D eigenvalue weighted by molar-refractivity contribution is -0.144. The van der Waals surface area contributed by atoms with Gasteiger partial charge >= 0.3 is 6.03 Å². The zero-order chi connectivity index (χ0) is 35.3. The summed E-state index contributed by atoms with van der Waals surface area (Å²) in [5.41, 5.74) is 4.22. The molecule has 4 fully saturated rings. The predicted octanol–water partition coefficient (Wildman–Crippen LogP) is 1.75. The van der Waals surface area contributed by atoms with E-state index < -0.39 is 74.6 Å². The van der Waals surface area contributed by atoms with Crippen LogP contribution in [0.3, 0.4) is 0 Å². The van der Waals surface area contributed by atoms with Gasteiger partial charge in [-0.3, -0.25) is 19.2 Å². The molecule has 47 heavy (non-hydrogen) atoms. The molecule has 266 valence electrons. The second-order valence-corrected chi connectivity index (χ2v) is 18.9. The van der Waals surface area contributed by atoms with Crippen LogP contribution in [-0.4, -0.2) is 97.7 Å². The highest BCUT2D eigenvalue weighted by Gasteiger charge is 2.64. The summed E-state index contributed by atoms with van der Waals surface area (Å²) in [6.45, 7) is 11.6. The number of fused-ring (bicyclic) bond motifs is 2. The van der Waals surface area contributed by atoms with Crippen molar-refractivity contribution in [3.8, 4) is 0 Å². The smallest absolute Gasteiger partial charge is 0.315 e. The third-order valence-electron chi connectivity index (χ3n) is 11.3. The van der Waals surface area contributed by atoms with Gasteiger partial charge < -0.3 is 26.6 Å². The van der Waals surface area contributed by atoms with E-state index in [0.717, 1.165) is 51.2 Å². The van der Waals surface area contributed by atoms with Crippen LogP contribution in [0.4, 0.5) is 4.79 Å². The second-order valence-electron chi connectivity index (χ2n) is 16.8. The van der Waals surface area contributed by atoms with Crippen LogP contribution in [-0.2, 0) is 29.2 Å². The summed E-state index contributed by atoms with van der Waals surface area (Å²) in [6.07, 6.45) is 8.17. The molecule has 3 aliphatic carbocycles. The summed E-state index contributed by atoms with van der Waals surface area (Å²) in [4.78, 5) is 68.5. The number of nitrogens with one attached hydrogen (secondary N) is 3. The van der Waals surface area contributed by atoms with Gasteiger partial charge in [0.15, 0.2) is 0 Å². The lowest BCUT2D eigenvalue weighted by Crippen LogP contribution is -2.62. The van der Waals surface area contributed by atoms with Crippen LogP contribution < -0.4 is 21.7 Å². The Balaban J connectivity index is 1.57. The number of amides is 5. The quantitative estimate of drug-likeness (QED) is 0.226. The number of hydrogen-bond acceptors (Lipinski definition) is 7. The summed E-state index contributed by atoms with van der Waals surface area (Å²) >= 11 is 0. The van der Waals surface area contributed by atoms with Gasteiger partial charge in [-0.05, 0) is 66.1 Å². The zero-order valence-electron chi connectivity index (χ0n) is 29.4. The molecule has 4 rings (SSSR count). The van der Waals surface area contributed by atoms with Crippen molar-refractivity contribution in [2.45, 2.75) is 117 Å². The number of Topliss-reactive ketones (excluding diaryl/α,β-unsaturated/α-hetero) is 1. The number of likely N-dealkylation sites (N-methyl/N-ethyl adjacent to an activating group) is 1. The molecule has 1 spiro atoms. The number of ketones is 1. The normalized spacial score (nSPS) is 25.8. The molecule has 5 N–H and O–H groups in total. The van der Waals surface area contributed by atoms with Crippen molar-refractivity contribution < 1.29 is 32.4 Å². The van der Waals surface area contributed by atoms with Crippen LogP contribution in [0.5, 0.6) is 0 Å². The van der Waals surface area contributed by atoms with Crippen molar-refractivity contribution in [1.82, 2.24) is 25.2 Å². The van der Waals surface area contributed by atoms with Gasteiger partial charge in [-0.25, -0.2) is 17.5 Å². The fourth-order valence-electron chi connectivity index (χ4n) is 7.70. The number of carbonyl (C=O) groups excluding carboxylic acids is 5. The van der Waals surface area contributed by atoms with Gasteiger partial charge in [-0.15, -0.1) is 0 Å². The minimum atomic E-state index is -3.50. The van der Waals surface area contributed by atoms with Gasteiger partial charge in [0.1, 0.15) is 12.1 Å². The van der Waals surface area contributed by atoms with E-state index in [2.05, 4.69) is 16.0 Å². The molecule has 3 saturated carbocycles. The Kier molecular flexibility index (Phi) is 10.5. The Labute approximate surface area is 279 Å². The van der Waals surface area contributed by atoms with Crippen LogP contribution in [0.25, 0.3) is 0 Å². The van der Waals surface area contributed by atoms with Crippen LogP contribution >= 0.6 is 0 Å². The molecule has 1 saturated heterocycles. The monoisotopic (exact) mass is 680 g/mol. The minimum absolute atomic E-state index is 0.0374. The maximum atomic E-state index is 14.5. The highest BCUT2D eigenvalue weighted by molar-refractivity contribution is 7.88. The number of hydrogen-bond donors (Lipinski definition) is 4. The lowest BCUT2D eigenvalue weighted by atomic mass is 9.80. The van der Waals surface area contributed by atoms with E-state index in [1.165, 1.54) is 11.4 Å². The van der Waals surface area contributed by atoms with E-state index in [9.17, 15) is 32.4 Å². The minimum Gasteiger partial charge on any atom is -0.363 e. The van der Waals surface area contributed by atoms with Crippen LogP contribution in [0, 0.1) is 34.0 Å².